The van der Waals surface area contributed by atoms with Gasteiger partial charge in [-0.3, -0.25) is 31.3 Å². The van der Waals surface area contributed by atoms with Crippen molar-refractivity contribution >= 4 is 70.5 Å². The Morgan fingerprint density at radius 2 is 0.982 bits per heavy atom. The van der Waals surface area contributed by atoms with Crippen LogP contribution < -0.4 is 42.1 Å². The third-order valence-corrected chi connectivity index (χ3v) is 10.8. The van der Waals surface area contributed by atoms with E-state index in [-0.39, 0.29) is 46.9 Å². The fourth-order valence-electron chi connectivity index (χ4n) is 7.19. The summed E-state index contributed by atoms with van der Waals surface area (Å²) in [5.74, 6) is -2.87. The van der Waals surface area contributed by atoms with Crippen LogP contribution in [0.2, 0.25) is 10.6 Å². The first-order valence-electron chi connectivity index (χ1n) is 18.9. The van der Waals surface area contributed by atoms with Crippen molar-refractivity contribution in [3.8, 4) is 0 Å². The van der Waals surface area contributed by atoms with Crippen molar-refractivity contribution in [3.05, 3.63) is 22.2 Å². The smallest absolute Gasteiger partial charge is 0.404 e. The highest BCUT2D eigenvalue weighted by molar-refractivity contribution is 6.28. The zero-order valence-corrected chi connectivity index (χ0v) is 32.3. The second-order valence-corrected chi connectivity index (χ2v) is 15.1. The molecule has 2 aliphatic heterocycles. The van der Waals surface area contributed by atoms with Crippen LogP contribution in [0.15, 0.2) is 0 Å². The van der Waals surface area contributed by atoms with E-state index >= 15 is 0 Å². The van der Waals surface area contributed by atoms with Crippen molar-refractivity contribution in [2.75, 3.05) is 59.9 Å². The number of nitrogens with one attached hydrogen (secondary N) is 6. The second-order valence-electron chi connectivity index (χ2n) is 14.4. The molecule has 2 aliphatic carbocycles. The average Bonchev–Trinajstić information content (AvgIpc) is 3.83. The topological polar surface area (TPSA) is 239 Å². The molecule has 22 heteroatoms. The van der Waals surface area contributed by atoms with Crippen LogP contribution in [0.1, 0.15) is 77.0 Å². The van der Waals surface area contributed by atoms with Crippen LogP contribution in [0.3, 0.4) is 0 Å². The number of carboxylic acid groups (broad SMARTS) is 2. The van der Waals surface area contributed by atoms with Gasteiger partial charge in [-0.05, 0) is 60.7 Å². The molecule has 6 rings (SSSR count). The van der Waals surface area contributed by atoms with Crippen LogP contribution in [-0.4, -0.2) is 93.4 Å². The quantitative estimate of drug-likeness (QED) is 0.0841. The number of halogens is 4. The zero-order valence-electron chi connectivity index (χ0n) is 30.8. The number of amides is 4. The summed E-state index contributed by atoms with van der Waals surface area (Å²) in [5.41, 5.74) is 9.83. The van der Waals surface area contributed by atoms with Crippen molar-refractivity contribution in [2.24, 2.45) is 23.7 Å². The molecule has 2 saturated heterocycles. The number of nitrogens with zero attached hydrogens (tertiary/aromatic N) is 6. The van der Waals surface area contributed by atoms with Gasteiger partial charge in [0.1, 0.15) is 0 Å². The molecule has 2 saturated carbocycles. The van der Waals surface area contributed by atoms with Crippen molar-refractivity contribution < 1.29 is 38.2 Å². The van der Waals surface area contributed by atoms with Gasteiger partial charge < -0.3 is 30.6 Å². The lowest BCUT2D eigenvalue weighted by Gasteiger charge is -2.32. The molecule has 0 aromatic carbocycles. The number of hydrogen-bond donors (Lipinski definition) is 8. The predicted molar refractivity (Wildman–Crippen MR) is 203 cm³/mol. The van der Waals surface area contributed by atoms with E-state index in [1.54, 1.807) is 9.80 Å². The van der Waals surface area contributed by atoms with Gasteiger partial charge in [0.2, 0.25) is 34.0 Å². The first-order chi connectivity index (χ1) is 26.9. The summed E-state index contributed by atoms with van der Waals surface area (Å²) in [6.45, 7) is 2.71. The number of aromatic nitrogens is 4. The Kier molecular flexibility index (Phi) is 15.5. The molecule has 0 spiro atoms. The molecule has 18 nitrogen and oxygen atoms in total. The van der Waals surface area contributed by atoms with E-state index in [9.17, 15) is 28.0 Å². The average molecular weight is 830 g/mol. The number of hydrazine groups is 2. The molecule has 2 aromatic rings. The third-order valence-electron chi connectivity index (χ3n) is 10.5. The maximum Gasteiger partial charge on any atom is 0.404 e. The molecule has 0 radical (unpaired) electrons. The van der Waals surface area contributed by atoms with Gasteiger partial charge in [0.25, 0.3) is 0 Å². The van der Waals surface area contributed by atoms with E-state index in [0.717, 1.165) is 64.2 Å². The summed E-state index contributed by atoms with van der Waals surface area (Å²) < 4.78 is 29.3. The van der Waals surface area contributed by atoms with Crippen LogP contribution in [0.4, 0.5) is 41.6 Å². The Hall–Kier alpha value is -4.72. The maximum absolute atomic E-state index is 14.6. The Labute approximate surface area is 332 Å². The lowest BCUT2D eigenvalue weighted by atomic mass is 9.92. The van der Waals surface area contributed by atoms with Crippen LogP contribution in [0.25, 0.3) is 0 Å². The molecular weight excluding hydrogens is 781 g/mol. The molecule has 4 amide bonds. The zero-order chi connectivity index (χ0) is 40.2. The number of carbonyl (C=O) groups is 4. The summed E-state index contributed by atoms with van der Waals surface area (Å²) >= 11 is 11.8. The summed E-state index contributed by atoms with van der Waals surface area (Å²) in [7, 11) is 0. The Balaban J connectivity index is 0.000000214. The molecule has 2 atom stereocenters. The van der Waals surface area contributed by atoms with Crippen molar-refractivity contribution in [3.63, 3.8) is 0 Å². The molecule has 308 valence electrons. The molecule has 0 unspecified atom stereocenters. The second kappa shape index (κ2) is 20.4. The Bertz CT molecular complexity index is 1580. The van der Waals surface area contributed by atoms with E-state index in [1.165, 1.54) is 0 Å². The summed E-state index contributed by atoms with van der Waals surface area (Å²) in [5, 5.41) is 22.0. The minimum absolute atomic E-state index is 0.00855. The maximum atomic E-state index is 14.6. The monoisotopic (exact) mass is 828 g/mol. The normalized spacial score (nSPS) is 17.7. The van der Waals surface area contributed by atoms with Crippen molar-refractivity contribution in [1.29, 1.82) is 0 Å². The van der Waals surface area contributed by atoms with Crippen LogP contribution in [-0.2, 0) is 9.59 Å². The van der Waals surface area contributed by atoms with Gasteiger partial charge in [-0.15, -0.1) is 0 Å². The van der Waals surface area contributed by atoms with Gasteiger partial charge in [0, 0.05) is 39.3 Å². The molecule has 4 aliphatic rings. The largest absolute Gasteiger partial charge is 0.465 e. The number of hydrogen-bond acceptors (Lipinski definition) is 12. The minimum Gasteiger partial charge on any atom is -0.465 e. The fraction of sp³-hybridized carbons (Fsp3) is 0.647. The lowest BCUT2D eigenvalue weighted by molar-refractivity contribution is -0.125. The Morgan fingerprint density at radius 3 is 1.29 bits per heavy atom. The summed E-state index contributed by atoms with van der Waals surface area (Å²) in [6, 6.07) is 0. The minimum atomic E-state index is -1.19. The predicted octanol–water partition coefficient (Wildman–Crippen LogP) is 4.77. The summed E-state index contributed by atoms with van der Waals surface area (Å²) in [4.78, 5) is 65.7. The van der Waals surface area contributed by atoms with Crippen LogP contribution >= 0.6 is 23.2 Å². The Morgan fingerprint density at radius 1 is 0.625 bits per heavy atom. The molecule has 4 heterocycles. The number of carbonyl (C=O) groups excluding carboxylic acids is 2. The highest BCUT2D eigenvalue weighted by Gasteiger charge is 2.29. The van der Waals surface area contributed by atoms with Crippen LogP contribution in [0.5, 0.6) is 0 Å². The molecule has 0 bridgehead atoms. The van der Waals surface area contributed by atoms with Crippen molar-refractivity contribution in [2.45, 2.75) is 77.0 Å². The van der Waals surface area contributed by atoms with E-state index < -0.39 is 47.5 Å². The van der Waals surface area contributed by atoms with Gasteiger partial charge in [0.15, 0.2) is 23.3 Å². The van der Waals surface area contributed by atoms with Gasteiger partial charge in [-0.25, -0.2) is 9.59 Å². The number of rotatable bonds is 16. The van der Waals surface area contributed by atoms with Crippen molar-refractivity contribution in [1.82, 2.24) is 41.4 Å². The van der Waals surface area contributed by atoms with Crippen LogP contribution in [0, 0.1) is 35.3 Å². The lowest BCUT2D eigenvalue weighted by Crippen LogP contribution is -2.42. The molecule has 2 aromatic heterocycles. The van der Waals surface area contributed by atoms with Gasteiger partial charge >= 0.3 is 12.2 Å². The first kappa shape index (κ1) is 42.4. The molecule has 4 fully saturated rings. The van der Waals surface area contributed by atoms with E-state index in [0.29, 0.717) is 50.9 Å². The summed E-state index contributed by atoms with van der Waals surface area (Å²) in [6.07, 6.45) is 9.23. The first-order valence-corrected chi connectivity index (χ1v) is 19.6. The van der Waals surface area contributed by atoms with Gasteiger partial charge in [0.05, 0.1) is 11.8 Å². The SMILES string of the molecule is O=C(O)NC[C@@H](CC1CCCC1)C(=O)NNc1nc(Cl)nc(N2CCC2)c1F.O=C(O)NC[C@@H](CC1CCCC1)C(=O)NNc1nc(Cl)nc(N2CCC2)c1F. The molecule has 8 N–H and O–H groups in total. The molecular formula is C34H48Cl2F2N12O6. The van der Waals surface area contributed by atoms with Gasteiger partial charge in [-0.2, -0.15) is 28.7 Å². The third kappa shape index (κ3) is 12.1. The highest BCUT2D eigenvalue weighted by atomic mass is 35.5. The van der Waals surface area contributed by atoms with Gasteiger partial charge in [-0.1, -0.05) is 51.4 Å². The standard InChI is InChI=1S/2C17H24ClFN6O3/c2*18-16-21-13(12(19)14(22-16)25-6-3-7-25)23-24-15(26)11(9-20-17(27)28)8-10-4-1-2-5-10/h2*10-11,20H,1-9H2,(H,24,26)(H,27,28)(H,21,22,23)/t2*11-/m11/s1. The van der Waals surface area contributed by atoms with E-state index in [4.69, 9.17) is 33.4 Å². The molecule has 56 heavy (non-hydrogen) atoms. The van der Waals surface area contributed by atoms with E-state index in [1.807, 2.05) is 0 Å². The number of anilines is 4. The fourth-order valence-corrected chi connectivity index (χ4v) is 7.52. The van der Waals surface area contributed by atoms with E-state index in [2.05, 4.69) is 52.3 Å². The highest BCUT2D eigenvalue weighted by Crippen LogP contribution is 2.32.